The Bertz CT molecular complexity index is 1060. The Labute approximate surface area is 191 Å². The minimum atomic E-state index is -0.254. The fourth-order valence-electron chi connectivity index (χ4n) is 4.54. The zero-order valence-electron chi connectivity index (χ0n) is 17.9. The summed E-state index contributed by atoms with van der Waals surface area (Å²) < 4.78 is 10.7. The van der Waals surface area contributed by atoms with Crippen LogP contribution in [0, 0.1) is 0 Å². The van der Waals surface area contributed by atoms with E-state index in [1.54, 1.807) is 18.2 Å². The lowest BCUT2D eigenvalue weighted by atomic mass is 9.90. The molecule has 168 valence electrons. The third-order valence-electron chi connectivity index (χ3n) is 6.26. The summed E-state index contributed by atoms with van der Waals surface area (Å²) in [5, 5.41) is 6.53. The number of carbonyl (C=O) groups is 2. The average Bonchev–Trinajstić information content (AvgIpc) is 3.45. The Morgan fingerprint density at radius 3 is 2.91 bits per heavy atom. The fraction of sp³-hybridized carbons (Fsp3) is 0.458. The van der Waals surface area contributed by atoms with Crippen molar-refractivity contribution < 1.29 is 19.1 Å². The second kappa shape index (κ2) is 9.32. The molecule has 0 fully saturated rings. The molecular formula is C24H27N3O4S. The number of benzene rings is 1. The maximum absolute atomic E-state index is 12.9. The van der Waals surface area contributed by atoms with Crippen molar-refractivity contribution in [3.05, 3.63) is 46.0 Å². The monoisotopic (exact) mass is 453 g/mol. The van der Waals surface area contributed by atoms with Crippen molar-refractivity contribution in [1.29, 1.82) is 0 Å². The summed E-state index contributed by atoms with van der Waals surface area (Å²) >= 11 is 1.46. The van der Waals surface area contributed by atoms with Gasteiger partial charge in [-0.2, -0.15) is 0 Å². The molecule has 2 heterocycles. The van der Waals surface area contributed by atoms with Gasteiger partial charge >= 0.3 is 0 Å². The zero-order valence-corrected chi connectivity index (χ0v) is 18.8. The smallest absolute Gasteiger partial charge is 0.257 e. The number of rotatable bonds is 6. The SMILES string of the molecule is O=C(Nc1nc2c(s1)CCCC2C(=O)NCCC1=CCCCC1)c1ccc2c(c1)OCO2. The lowest BCUT2D eigenvalue weighted by Gasteiger charge is -2.21. The highest BCUT2D eigenvalue weighted by Gasteiger charge is 2.30. The van der Waals surface area contributed by atoms with Gasteiger partial charge in [0, 0.05) is 17.0 Å². The Kier molecular flexibility index (Phi) is 6.12. The van der Waals surface area contributed by atoms with Crippen LogP contribution in [0.2, 0.25) is 0 Å². The van der Waals surface area contributed by atoms with Gasteiger partial charge in [-0.25, -0.2) is 4.98 Å². The molecule has 5 rings (SSSR count). The lowest BCUT2D eigenvalue weighted by Crippen LogP contribution is -2.32. The molecule has 7 nitrogen and oxygen atoms in total. The number of nitrogens with one attached hydrogen (secondary N) is 2. The number of hydrogen-bond donors (Lipinski definition) is 2. The molecule has 2 amide bonds. The molecule has 2 N–H and O–H groups in total. The van der Waals surface area contributed by atoms with Gasteiger partial charge in [-0.15, -0.1) is 11.3 Å². The van der Waals surface area contributed by atoms with Crippen molar-refractivity contribution in [3.8, 4) is 11.5 Å². The molecule has 0 spiro atoms. The number of aromatic nitrogens is 1. The maximum Gasteiger partial charge on any atom is 0.257 e. The molecule has 3 aliphatic rings. The normalized spacial score (nSPS) is 19.1. The summed E-state index contributed by atoms with van der Waals surface area (Å²) in [6.07, 6.45) is 10.7. The number of thiazole rings is 1. The van der Waals surface area contributed by atoms with Crippen LogP contribution >= 0.6 is 11.3 Å². The van der Waals surface area contributed by atoms with Crippen molar-refractivity contribution >= 4 is 28.3 Å². The topological polar surface area (TPSA) is 89.6 Å². The van der Waals surface area contributed by atoms with Crippen LogP contribution in [0.3, 0.4) is 0 Å². The Balaban J connectivity index is 1.22. The van der Waals surface area contributed by atoms with Crippen molar-refractivity contribution in [2.75, 3.05) is 18.7 Å². The first-order valence-electron chi connectivity index (χ1n) is 11.3. The number of amides is 2. The molecule has 32 heavy (non-hydrogen) atoms. The summed E-state index contributed by atoms with van der Waals surface area (Å²) in [5.41, 5.74) is 2.76. The van der Waals surface area contributed by atoms with Crippen LogP contribution in [0.5, 0.6) is 11.5 Å². The van der Waals surface area contributed by atoms with Gasteiger partial charge in [-0.3, -0.25) is 14.9 Å². The number of hydrogen-bond acceptors (Lipinski definition) is 6. The van der Waals surface area contributed by atoms with E-state index in [2.05, 4.69) is 21.7 Å². The lowest BCUT2D eigenvalue weighted by molar-refractivity contribution is -0.122. The molecule has 1 aromatic carbocycles. The second-order valence-corrected chi connectivity index (χ2v) is 9.53. The largest absolute Gasteiger partial charge is 0.454 e. The summed E-state index contributed by atoms with van der Waals surface area (Å²) in [6.45, 7) is 0.842. The number of carbonyl (C=O) groups excluding carboxylic acids is 2. The highest BCUT2D eigenvalue weighted by molar-refractivity contribution is 7.16. The van der Waals surface area contributed by atoms with E-state index in [4.69, 9.17) is 9.47 Å². The van der Waals surface area contributed by atoms with Crippen LogP contribution in [-0.4, -0.2) is 30.1 Å². The van der Waals surface area contributed by atoms with E-state index >= 15 is 0 Å². The van der Waals surface area contributed by atoms with E-state index < -0.39 is 0 Å². The van der Waals surface area contributed by atoms with Crippen LogP contribution in [0.4, 0.5) is 5.13 Å². The Morgan fingerprint density at radius 2 is 2.03 bits per heavy atom. The van der Waals surface area contributed by atoms with E-state index in [9.17, 15) is 9.59 Å². The molecular weight excluding hydrogens is 426 g/mol. The number of allylic oxidation sites excluding steroid dienone is 1. The molecule has 1 aromatic heterocycles. The predicted octanol–water partition coefficient (Wildman–Crippen LogP) is 4.55. The Morgan fingerprint density at radius 1 is 1.12 bits per heavy atom. The molecule has 0 saturated heterocycles. The van der Waals surface area contributed by atoms with E-state index in [1.165, 1.54) is 29.8 Å². The van der Waals surface area contributed by atoms with Crippen molar-refractivity contribution in [2.45, 2.75) is 57.3 Å². The number of anilines is 1. The molecule has 0 bridgehead atoms. The van der Waals surface area contributed by atoms with Crippen LogP contribution in [-0.2, 0) is 11.2 Å². The molecule has 1 aliphatic heterocycles. The van der Waals surface area contributed by atoms with Crippen LogP contribution in [0.15, 0.2) is 29.8 Å². The molecule has 1 unspecified atom stereocenters. The van der Waals surface area contributed by atoms with Gasteiger partial charge in [0.05, 0.1) is 11.6 Å². The first-order chi connectivity index (χ1) is 15.7. The van der Waals surface area contributed by atoms with Crippen LogP contribution in [0.1, 0.15) is 71.8 Å². The predicted molar refractivity (Wildman–Crippen MR) is 122 cm³/mol. The third-order valence-corrected chi connectivity index (χ3v) is 7.30. The highest BCUT2D eigenvalue weighted by atomic mass is 32.1. The number of ether oxygens (including phenoxy) is 2. The first kappa shape index (κ1) is 21.0. The maximum atomic E-state index is 12.9. The summed E-state index contributed by atoms with van der Waals surface area (Å²) in [6, 6.07) is 5.10. The average molecular weight is 454 g/mol. The van der Waals surface area contributed by atoms with E-state index in [0.29, 0.717) is 28.7 Å². The van der Waals surface area contributed by atoms with Gasteiger partial charge in [-0.1, -0.05) is 11.6 Å². The molecule has 8 heteroatoms. The minimum Gasteiger partial charge on any atom is -0.454 e. The summed E-state index contributed by atoms with van der Waals surface area (Å²) in [7, 11) is 0. The van der Waals surface area contributed by atoms with Crippen LogP contribution in [0.25, 0.3) is 0 Å². The zero-order chi connectivity index (χ0) is 21.9. The van der Waals surface area contributed by atoms with Crippen molar-refractivity contribution in [3.63, 3.8) is 0 Å². The number of fused-ring (bicyclic) bond motifs is 2. The van der Waals surface area contributed by atoms with Gasteiger partial charge in [0.2, 0.25) is 12.7 Å². The second-order valence-electron chi connectivity index (χ2n) is 8.44. The van der Waals surface area contributed by atoms with Crippen molar-refractivity contribution in [2.24, 2.45) is 0 Å². The fourth-order valence-corrected chi connectivity index (χ4v) is 5.60. The molecule has 0 radical (unpaired) electrons. The molecule has 0 saturated carbocycles. The summed E-state index contributed by atoms with van der Waals surface area (Å²) in [4.78, 5) is 31.3. The number of nitrogens with zero attached hydrogens (tertiary/aromatic N) is 1. The Hall–Kier alpha value is -2.87. The van der Waals surface area contributed by atoms with Crippen molar-refractivity contribution in [1.82, 2.24) is 10.3 Å². The van der Waals surface area contributed by atoms with Gasteiger partial charge in [0.15, 0.2) is 16.6 Å². The number of aryl methyl sites for hydroxylation is 1. The van der Waals surface area contributed by atoms with Gasteiger partial charge in [-0.05, 0) is 69.6 Å². The van der Waals surface area contributed by atoms with E-state index in [-0.39, 0.29) is 24.5 Å². The summed E-state index contributed by atoms with van der Waals surface area (Å²) in [5.74, 6) is 0.751. The quantitative estimate of drug-likeness (QED) is 0.627. The third kappa shape index (κ3) is 4.50. The molecule has 2 aliphatic carbocycles. The highest BCUT2D eigenvalue weighted by Crippen LogP contribution is 2.37. The minimum absolute atomic E-state index is 0.0429. The van der Waals surface area contributed by atoms with Gasteiger partial charge in [0.25, 0.3) is 5.91 Å². The molecule has 2 aromatic rings. The van der Waals surface area contributed by atoms with E-state index in [1.807, 2.05) is 0 Å². The molecule has 1 atom stereocenters. The van der Waals surface area contributed by atoms with Gasteiger partial charge < -0.3 is 14.8 Å². The van der Waals surface area contributed by atoms with E-state index in [0.717, 1.165) is 49.1 Å². The van der Waals surface area contributed by atoms with Crippen LogP contribution < -0.4 is 20.1 Å². The standard InChI is InChI=1S/C24H27N3O4S/c28-22(16-9-10-18-19(13-16)31-14-30-18)27-24-26-21-17(7-4-8-20(21)32-24)23(29)25-12-11-15-5-2-1-3-6-15/h5,9-10,13,17H,1-4,6-8,11-12,14H2,(H,25,29)(H,26,27,28). The van der Waals surface area contributed by atoms with Gasteiger partial charge in [0.1, 0.15) is 0 Å². The first-order valence-corrected chi connectivity index (χ1v) is 12.2.